The fourth-order valence-corrected chi connectivity index (χ4v) is 2.81. The molecule has 0 saturated heterocycles. The van der Waals surface area contributed by atoms with Gasteiger partial charge in [-0.3, -0.25) is 4.79 Å². The van der Waals surface area contributed by atoms with Crippen LogP contribution in [0.3, 0.4) is 0 Å². The van der Waals surface area contributed by atoms with Gasteiger partial charge in [0.1, 0.15) is 11.7 Å². The van der Waals surface area contributed by atoms with Gasteiger partial charge >= 0.3 is 0 Å². The third-order valence-electron chi connectivity index (χ3n) is 2.80. The summed E-state index contributed by atoms with van der Waals surface area (Å²) in [6, 6.07) is 12.5. The van der Waals surface area contributed by atoms with Crippen LogP contribution in [0.5, 0.6) is 0 Å². The fourth-order valence-electron chi connectivity index (χ4n) is 1.82. The normalized spacial score (nSPS) is 11.7. The van der Waals surface area contributed by atoms with Crippen LogP contribution in [-0.4, -0.2) is 5.78 Å². The highest BCUT2D eigenvalue weighted by Gasteiger charge is 2.25. The maximum absolute atomic E-state index is 13.1. The van der Waals surface area contributed by atoms with E-state index in [2.05, 4.69) is 0 Å². The van der Waals surface area contributed by atoms with Gasteiger partial charge in [-0.1, -0.05) is 29.8 Å². The van der Waals surface area contributed by atoms with Gasteiger partial charge in [-0.05, 0) is 52.4 Å². The van der Waals surface area contributed by atoms with Crippen molar-refractivity contribution >= 4 is 40.0 Å². The molecular weight excluding hydrogens is 392 g/mol. The number of Topliss-reactive ketones (excluding diaryl/α,β-unsaturated/α-hetero) is 1. The number of hydrogen-bond donors (Lipinski definition) is 0. The first kappa shape index (κ1) is 14.9. The largest absolute Gasteiger partial charge is 0.292 e. The summed E-state index contributed by atoms with van der Waals surface area (Å²) in [7, 11) is 0. The van der Waals surface area contributed by atoms with Crippen molar-refractivity contribution in [2.75, 3.05) is 0 Å². The van der Waals surface area contributed by atoms with E-state index in [4.69, 9.17) is 11.6 Å². The second kappa shape index (κ2) is 6.33. The van der Waals surface area contributed by atoms with Gasteiger partial charge in [-0.2, -0.15) is 5.26 Å². The average molecular weight is 400 g/mol. The van der Waals surface area contributed by atoms with Gasteiger partial charge in [0.15, 0.2) is 5.78 Å². The van der Waals surface area contributed by atoms with Crippen molar-refractivity contribution in [1.82, 2.24) is 0 Å². The SMILES string of the molecule is N#CC(C(=O)c1ccc(F)cc1I)c1ccccc1Cl. The molecule has 2 nitrogen and oxygen atoms in total. The van der Waals surface area contributed by atoms with Crippen LogP contribution in [0.25, 0.3) is 0 Å². The van der Waals surface area contributed by atoms with Gasteiger partial charge in [-0.25, -0.2) is 4.39 Å². The molecule has 0 spiro atoms. The summed E-state index contributed by atoms with van der Waals surface area (Å²) in [6.07, 6.45) is 0. The van der Waals surface area contributed by atoms with Crippen molar-refractivity contribution in [3.05, 3.63) is 68.0 Å². The molecule has 0 aromatic heterocycles. The zero-order chi connectivity index (χ0) is 14.7. The van der Waals surface area contributed by atoms with Gasteiger partial charge in [0.2, 0.25) is 0 Å². The van der Waals surface area contributed by atoms with E-state index >= 15 is 0 Å². The van der Waals surface area contributed by atoms with Crippen molar-refractivity contribution in [3.63, 3.8) is 0 Å². The minimum Gasteiger partial charge on any atom is -0.292 e. The van der Waals surface area contributed by atoms with Gasteiger partial charge in [0, 0.05) is 14.2 Å². The first-order valence-corrected chi connectivity index (χ1v) is 7.13. The zero-order valence-corrected chi connectivity index (χ0v) is 13.0. The first-order chi connectivity index (χ1) is 9.54. The van der Waals surface area contributed by atoms with E-state index in [0.29, 0.717) is 19.7 Å². The lowest BCUT2D eigenvalue weighted by Crippen LogP contribution is -2.13. The molecule has 5 heteroatoms. The standard InChI is InChI=1S/C15H8ClFINO/c16-13-4-2-1-3-10(13)12(8-19)15(20)11-6-5-9(17)7-14(11)18/h1-7,12H. The minimum atomic E-state index is -0.998. The third-order valence-corrected chi connectivity index (χ3v) is 4.04. The van der Waals surface area contributed by atoms with Crippen LogP contribution in [0.1, 0.15) is 21.8 Å². The molecule has 2 rings (SSSR count). The quantitative estimate of drug-likeness (QED) is 0.560. The Morgan fingerprint density at radius 3 is 2.60 bits per heavy atom. The van der Waals surface area contributed by atoms with Crippen molar-refractivity contribution in [3.8, 4) is 6.07 Å². The summed E-state index contributed by atoms with van der Waals surface area (Å²) in [6.45, 7) is 0. The molecule has 0 aliphatic heterocycles. The Kier molecular flexibility index (Phi) is 4.73. The summed E-state index contributed by atoms with van der Waals surface area (Å²) in [4.78, 5) is 12.5. The molecule has 0 aliphatic rings. The number of benzene rings is 2. The highest BCUT2D eigenvalue weighted by Crippen LogP contribution is 2.28. The second-order valence-electron chi connectivity index (χ2n) is 4.07. The van der Waals surface area contributed by atoms with E-state index in [-0.39, 0.29) is 5.78 Å². The fraction of sp³-hybridized carbons (Fsp3) is 0.0667. The van der Waals surface area contributed by atoms with Crippen molar-refractivity contribution in [1.29, 1.82) is 5.26 Å². The number of halogens is 3. The number of rotatable bonds is 3. The first-order valence-electron chi connectivity index (χ1n) is 5.68. The topological polar surface area (TPSA) is 40.9 Å². The summed E-state index contributed by atoms with van der Waals surface area (Å²) >= 11 is 7.90. The highest BCUT2D eigenvalue weighted by atomic mass is 127. The molecule has 1 atom stereocenters. The molecule has 0 fully saturated rings. The Hall–Kier alpha value is -1.45. The lowest BCUT2D eigenvalue weighted by Gasteiger charge is -2.11. The number of hydrogen-bond acceptors (Lipinski definition) is 2. The zero-order valence-electron chi connectivity index (χ0n) is 10.1. The molecule has 1 unspecified atom stereocenters. The van der Waals surface area contributed by atoms with Crippen LogP contribution in [0.2, 0.25) is 5.02 Å². The number of carbonyl (C=O) groups is 1. The van der Waals surface area contributed by atoms with E-state index in [1.807, 2.05) is 28.7 Å². The Balaban J connectivity index is 2.45. The molecule has 2 aromatic rings. The predicted molar refractivity (Wildman–Crippen MR) is 83.3 cm³/mol. The molecule has 2 aromatic carbocycles. The number of nitriles is 1. The Morgan fingerprint density at radius 1 is 1.30 bits per heavy atom. The summed E-state index contributed by atoms with van der Waals surface area (Å²) < 4.78 is 13.6. The minimum absolute atomic E-state index is 0.318. The van der Waals surface area contributed by atoms with Crippen LogP contribution in [0.4, 0.5) is 4.39 Å². The molecule has 0 bridgehead atoms. The van der Waals surface area contributed by atoms with Crippen LogP contribution >= 0.6 is 34.2 Å². The number of ketones is 1. The average Bonchev–Trinajstić information content (AvgIpc) is 2.41. The van der Waals surface area contributed by atoms with Crippen molar-refractivity contribution in [2.24, 2.45) is 0 Å². The lowest BCUT2D eigenvalue weighted by atomic mass is 9.92. The molecule has 0 amide bonds. The smallest absolute Gasteiger partial charge is 0.185 e. The molecular formula is C15H8ClFINO. The van der Waals surface area contributed by atoms with Crippen LogP contribution in [-0.2, 0) is 0 Å². The van der Waals surface area contributed by atoms with Crippen LogP contribution in [0, 0.1) is 20.7 Å². The van der Waals surface area contributed by atoms with Gasteiger partial charge in [-0.15, -0.1) is 0 Å². The maximum atomic E-state index is 13.1. The Labute approximate surface area is 134 Å². The van der Waals surface area contributed by atoms with Crippen LogP contribution < -0.4 is 0 Å². The van der Waals surface area contributed by atoms with E-state index in [1.165, 1.54) is 18.2 Å². The number of carbonyl (C=O) groups excluding carboxylic acids is 1. The summed E-state index contributed by atoms with van der Waals surface area (Å²) in [5, 5.41) is 9.64. The maximum Gasteiger partial charge on any atom is 0.185 e. The molecule has 0 aliphatic carbocycles. The molecule has 0 heterocycles. The lowest BCUT2D eigenvalue weighted by molar-refractivity contribution is 0.0978. The Bertz CT molecular complexity index is 711. The predicted octanol–water partition coefficient (Wildman–Crippen LogP) is 4.57. The molecule has 20 heavy (non-hydrogen) atoms. The van der Waals surface area contributed by atoms with Crippen molar-refractivity contribution in [2.45, 2.75) is 5.92 Å². The molecule has 0 radical (unpaired) electrons. The van der Waals surface area contributed by atoms with Crippen molar-refractivity contribution < 1.29 is 9.18 Å². The Morgan fingerprint density at radius 2 is 2.00 bits per heavy atom. The summed E-state index contributed by atoms with van der Waals surface area (Å²) in [5.74, 6) is -1.80. The van der Waals surface area contributed by atoms with E-state index in [1.54, 1.807) is 24.3 Å². The molecule has 100 valence electrons. The van der Waals surface area contributed by atoms with Gasteiger partial charge in [0.25, 0.3) is 0 Å². The van der Waals surface area contributed by atoms with Crippen LogP contribution in [0.15, 0.2) is 42.5 Å². The third kappa shape index (κ3) is 3.00. The monoisotopic (exact) mass is 399 g/mol. The summed E-state index contributed by atoms with van der Waals surface area (Å²) in [5.41, 5.74) is 0.778. The van der Waals surface area contributed by atoms with Gasteiger partial charge < -0.3 is 0 Å². The molecule has 0 N–H and O–H groups in total. The van der Waals surface area contributed by atoms with E-state index in [0.717, 1.165) is 0 Å². The second-order valence-corrected chi connectivity index (χ2v) is 5.64. The molecule has 0 saturated carbocycles. The van der Waals surface area contributed by atoms with Gasteiger partial charge in [0.05, 0.1) is 6.07 Å². The number of nitrogens with zero attached hydrogens (tertiary/aromatic N) is 1. The van der Waals surface area contributed by atoms with E-state index < -0.39 is 11.7 Å². The van der Waals surface area contributed by atoms with E-state index in [9.17, 15) is 14.4 Å². The highest BCUT2D eigenvalue weighted by molar-refractivity contribution is 14.1.